The van der Waals surface area contributed by atoms with E-state index in [1.54, 1.807) is 7.11 Å². The zero-order valence-corrected chi connectivity index (χ0v) is 15.5. The topological polar surface area (TPSA) is 86.1 Å². The average Bonchev–Trinajstić information content (AvgIpc) is 3.08. The van der Waals surface area contributed by atoms with Gasteiger partial charge in [-0.3, -0.25) is 0 Å². The van der Waals surface area contributed by atoms with Crippen LogP contribution in [0.5, 0.6) is 5.75 Å². The van der Waals surface area contributed by atoms with Crippen LogP contribution in [0, 0.1) is 0 Å². The highest BCUT2D eigenvalue weighted by Crippen LogP contribution is 2.33. The van der Waals surface area contributed by atoms with Gasteiger partial charge in [-0.15, -0.1) is 0 Å². The Bertz CT molecular complexity index is 958. The minimum Gasteiger partial charge on any atom is -0.485 e. The number of aromatic amines is 1. The van der Waals surface area contributed by atoms with Crippen LogP contribution in [0.1, 0.15) is 24.6 Å². The number of methoxy groups -OCH3 is 1. The number of aryl methyl sites for hydroxylation is 1. The Hall–Kier alpha value is -2.81. The van der Waals surface area contributed by atoms with Crippen molar-refractivity contribution < 1.29 is 22.6 Å². The quantitative estimate of drug-likeness (QED) is 0.687. The Balaban J connectivity index is 0.000000161. The van der Waals surface area contributed by atoms with E-state index in [0.29, 0.717) is 6.61 Å². The first-order valence-electron chi connectivity index (χ1n) is 8.64. The van der Waals surface area contributed by atoms with E-state index in [0.717, 1.165) is 31.0 Å². The van der Waals surface area contributed by atoms with Crippen LogP contribution in [-0.4, -0.2) is 34.3 Å². The molecule has 0 radical (unpaired) electrons. The Kier molecular flexibility index (Phi) is 5.46. The summed E-state index contributed by atoms with van der Waals surface area (Å²) in [6, 6.07) is 9.12. The number of anilines is 1. The summed E-state index contributed by atoms with van der Waals surface area (Å²) in [7, 11) is 1.72. The maximum absolute atomic E-state index is 12.2. The van der Waals surface area contributed by atoms with Crippen LogP contribution in [0.15, 0.2) is 36.7 Å². The van der Waals surface area contributed by atoms with Gasteiger partial charge in [-0.2, -0.15) is 13.2 Å². The maximum Gasteiger partial charge on any atom is 0.431 e. The number of benzene rings is 1. The van der Waals surface area contributed by atoms with Gasteiger partial charge in [0.25, 0.3) is 0 Å². The van der Waals surface area contributed by atoms with Crippen LogP contribution in [-0.2, 0) is 17.3 Å². The third-order valence-electron chi connectivity index (χ3n) is 4.46. The normalized spacial score (nSPS) is 18.8. The number of hydrogen-bond acceptors (Lipinski definition) is 5. The second-order valence-electron chi connectivity index (χ2n) is 6.79. The van der Waals surface area contributed by atoms with E-state index in [9.17, 15) is 13.2 Å². The molecule has 3 heterocycles. The Morgan fingerprint density at radius 2 is 2.04 bits per heavy atom. The molecule has 0 amide bonds. The van der Waals surface area contributed by atoms with Crippen molar-refractivity contribution in [1.82, 2.24) is 15.0 Å². The first kappa shape index (κ1) is 19.9. The van der Waals surface area contributed by atoms with Crippen molar-refractivity contribution in [3.05, 3.63) is 47.9 Å². The fourth-order valence-corrected chi connectivity index (χ4v) is 3.04. The lowest BCUT2D eigenvalue weighted by molar-refractivity contribution is -0.140. The number of nitrogens with zero attached hydrogens (tertiary/aromatic N) is 2. The van der Waals surface area contributed by atoms with Crippen LogP contribution in [0.4, 0.5) is 19.0 Å². The van der Waals surface area contributed by atoms with Crippen molar-refractivity contribution in [3.8, 4) is 5.75 Å². The average molecular weight is 394 g/mol. The summed E-state index contributed by atoms with van der Waals surface area (Å²) >= 11 is 0. The van der Waals surface area contributed by atoms with Gasteiger partial charge in [-0.05, 0) is 37.5 Å². The SMILES string of the molecule is COC[C@]1(C)CCc2ccccc2O1.Nc1ncnc2[nH]c(C(F)(F)F)cc12. The lowest BCUT2D eigenvalue weighted by atomic mass is 9.93. The van der Waals surface area contributed by atoms with Crippen LogP contribution < -0.4 is 10.5 Å². The highest BCUT2D eigenvalue weighted by atomic mass is 19.4. The molecule has 0 fully saturated rings. The number of nitrogens with one attached hydrogen (secondary N) is 1. The first-order chi connectivity index (χ1) is 13.2. The standard InChI is InChI=1S/C12H16O2.C7H5F3N4/c1-12(9-13-2)8-7-10-5-3-4-6-11(10)14-12;8-7(9,10)4-1-3-5(11)12-2-13-6(3)14-4/h3-6H,7-9H2,1-2H3;1-2H,(H3,11,12,13,14)/t12-;/m0./s1. The number of rotatable bonds is 2. The smallest absolute Gasteiger partial charge is 0.431 e. The fourth-order valence-electron chi connectivity index (χ4n) is 3.04. The molecule has 1 aromatic carbocycles. The molecule has 0 spiro atoms. The molecule has 6 nitrogen and oxygen atoms in total. The number of ether oxygens (including phenoxy) is 2. The van der Waals surface area contributed by atoms with E-state index >= 15 is 0 Å². The molecule has 1 aliphatic heterocycles. The number of H-pyrrole nitrogens is 1. The molecule has 0 saturated carbocycles. The van der Waals surface area contributed by atoms with Crippen molar-refractivity contribution in [1.29, 1.82) is 0 Å². The van der Waals surface area contributed by atoms with Gasteiger partial charge in [0.2, 0.25) is 0 Å². The first-order valence-corrected chi connectivity index (χ1v) is 8.64. The summed E-state index contributed by atoms with van der Waals surface area (Å²) in [5.74, 6) is 1.04. The molecule has 28 heavy (non-hydrogen) atoms. The van der Waals surface area contributed by atoms with E-state index in [1.165, 1.54) is 5.56 Å². The van der Waals surface area contributed by atoms with Gasteiger partial charge < -0.3 is 20.2 Å². The Morgan fingerprint density at radius 3 is 2.71 bits per heavy atom. The van der Waals surface area contributed by atoms with Gasteiger partial charge in [0, 0.05) is 7.11 Å². The largest absolute Gasteiger partial charge is 0.485 e. The zero-order valence-electron chi connectivity index (χ0n) is 15.5. The number of fused-ring (bicyclic) bond motifs is 2. The van der Waals surface area contributed by atoms with Crippen molar-refractivity contribution in [3.63, 3.8) is 0 Å². The number of halogens is 3. The summed E-state index contributed by atoms with van der Waals surface area (Å²) in [5.41, 5.74) is 5.74. The lowest BCUT2D eigenvalue weighted by Crippen LogP contribution is -2.40. The Labute approximate surface area is 159 Å². The molecule has 1 aliphatic rings. The van der Waals surface area contributed by atoms with Gasteiger partial charge in [-0.1, -0.05) is 18.2 Å². The lowest BCUT2D eigenvalue weighted by Gasteiger charge is -2.35. The third-order valence-corrected chi connectivity index (χ3v) is 4.46. The number of nitrogens with two attached hydrogens (primary N) is 1. The van der Waals surface area contributed by atoms with Gasteiger partial charge in [0.05, 0.1) is 12.0 Å². The predicted molar refractivity (Wildman–Crippen MR) is 99.0 cm³/mol. The molecular weight excluding hydrogens is 373 g/mol. The van der Waals surface area contributed by atoms with E-state index in [1.807, 2.05) is 12.1 Å². The summed E-state index contributed by atoms with van der Waals surface area (Å²) in [4.78, 5) is 9.33. The number of hydrogen-bond donors (Lipinski definition) is 2. The van der Waals surface area contributed by atoms with E-state index < -0.39 is 11.9 Å². The third kappa shape index (κ3) is 4.36. The van der Waals surface area contributed by atoms with Crippen LogP contribution in [0.3, 0.4) is 0 Å². The van der Waals surface area contributed by atoms with Gasteiger partial charge in [0.15, 0.2) is 0 Å². The van der Waals surface area contributed by atoms with E-state index in [2.05, 4.69) is 34.0 Å². The number of para-hydroxylation sites is 1. The zero-order chi connectivity index (χ0) is 20.4. The molecule has 2 aromatic heterocycles. The molecule has 0 saturated heterocycles. The molecule has 150 valence electrons. The molecule has 9 heteroatoms. The summed E-state index contributed by atoms with van der Waals surface area (Å²) in [6.07, 6.45) is -1.21. The number of aromatic nitrogens is 3. The summed E-state index contributed by atoms with van der Waals surface area (Å²) in [5, 5.41) is 0.180. The molecule has 1 atom stereocenters. The highest BCUT2D eigenvalue weighted by Gasteiger charge is 2.33. The number of alkyl halides is 3. The van der Waals surface area contributed by atoms with E-state index in [4.69, 9.17) is 15.2 Å². The second kappa shape index (κ2) is 7.67. The van der Waals surface area contributed by atoms with Crippen molar-refractivity contribution in [2.24, 2.45) is 0 Å². The summed E-state index contributed by atoms with van der Waals surface area (Å²) in [6.45, 7) is 2.76. The molecule has 0 aliphatic carbocycles. The fraction of sp³-hybridized carbons (Fsp3) is 0.368. The van der Waals surface area contributed by atoms with Gasteiger partial charge in [0.1, 0.15) is 34.8 Å². The second-order valence-corrected chi connectivity index (χ2v) is 6.79. The van der Waals surface area contributed by atoms with Crippen molar-refractivity contribution >= 4 is 16.9 Å². The minimum absolute atomic E-state index is 0.0294. The van der Waals surface area contributed by atoms with Crippen LogP contribution in [0.25, 0.3) is 11.0 Å². The molecule has 0 unspecified atom stereocenters. The minimum atomic E-state index is -4.42. The van der Waals surface area contributed by atoms with Crippen LogP contribution in [0.2, 0.25) is 0 Å². The Morgan fingerprint density at radius 1 is 1.29 bits per heavy atom. The summed E-state index contributed by atoms with van der Waals surface area (Å²) < 4.78 is 47.8. The molecule has 3 aromatic rings. The molecule has 3 N–H and O–H groups in total. The molecule has 4 rings (SSSR count). The van der Waals surface area contributed by atoms with Crippen LogP contribution >= 0.6 is 0 Å². The van der Waals surface area contributed by atoms with Gasteiger partial charge in [-0.25, -0.2) is 9.97 Å². The van der Waals surface area contributed by atoms with E-state index in [-0.39, 0.29) is 22.5 Å². The maximum atomic E-state index is 12.2. The molecular formula is C19H21F3N4O2. The highest BCUT2D eigenvalue weighted by molar-refractivity contribution is 5.86. The monoisotopic (exact) mass is 394 g/mol. The van der Waals surface area contributed by atoms with Crippen molar-refractivity contribution in [2.75, 3.05) is 19.5 Å². The predicted octanol–water partition coefficient (Wildman–Crippen LogP) is 3.98. The van der Waals surface area contributed by atoms with Crippen molar-refractivity contribution in [2.45, 2.75) is 31.5 Å². The molecule has 0 bridgehead atoms. The van der Waals surface area contributed by atoms with Gasteiger partial charge >= 0.3 is 6.18 Å². The number of nitrogen functional groups attached to an aromatic ring is 1.